The third-order valence-electron chi connectivity index (χ3n) is 4.17. The van der Waals surface area contributed by atoms with Crippen molar-refractivity contribution in [2.75, 3.05) is 18.6 Å². The first kappa shape index (κ1) is 16.1. The summed E-state index contributed by atoms with van der Waals surface area (Å²) in [5.74, 6) is 1.36. The number of ketones is 1. The van der Waals surface area contributed by atoms with E-state index in [-0.39, 0.29) is 17.2 Å². The summed E-state index contributed by atoms with van der Waals surface area (Å²) in [6, 6.07) is 5.85. The van der Waals surface area contributed by atoms with Crippen molar-refractivity contribution < 1.29 is 14.3 Å². The molecule has 3 nitrogen and oxygen atoms in total. The van der Waals surface area contributed by atoms with E-state index in [1.165, 1.54) is 12.7 Å². The normalized spacial score (nSPS) is 15.6. The summed E-state index contributed by atoms with van der Waals surface area (Å²) in [5.41, 5.74) is 3.22. The minimum absolute atomic E-state index is 0.0846. The number of carbonyl (C=O) groups is 2. The van der Waals surface area contributed by atoms with Crippen LogP contribution >= 0.6 is 11.8 Å². The predicted octanol–water partition coefficient (Wildman–Crippen LogP) is 3.56. The van der Waals surface area contributed by atoms with Crippen molar-refractivity contribution >= 4 is 23.5 Å². The van der Waals surface area contributed by atoms with Crippen LogP contribution < -0.4 is 0 Å². The molecule has 0 aromatic heterocycles. The van der Waals surface area contributed by atoms with Crippen LogP contribution in [0.3, 0.4) is 0 Å². The number of thioether (sulfide) groups is 1. The maximum Gasteiger partial charge on any atom is 0.306 e. The first-order chi connectivity index (χ1) is 9.96. The van der Waals surface area contributed by atoms with Crippen LogP contribution in [0.2, 0.25) is 0 Å². The van der Waals surface area contributed by atoms with E-state index in [4.69, 9.17) is 4.74 Å². The molecule has 0 N–H and O–H groups in total. The smallest absolute Gasteiger partial charge is 0.306 e. The molecule has 0 spiro atoms. The molecule has 1 aliphatic carbocycles. The summed E-state index contributed by atoms with van der Waals surface area (Å²) in [5, 5.41) is 0. The van der Waals surface area contributed by atoms with E-state index in [0.29, 0.717) is 12.2 Å². The number of ether oxygens (including phenoxy) is 1. The van der Waals surface area contributed by atoms with Gasteiger partial charge in [0.25, 0.3) is 0 Å². The van der Waals surface area contributed by atoms with Gasteiger partial charge in [-0.25, -0.2) is 0 Å². The largest absolute Gasteiger partial charge is 0.469 e. The molecule has 0 unspecified atom stereocenters. The Bertz CT molecular complexity index is 547. The highest BCUT2D eigenvalue weighted by Crippen LogP contribution is 2.51. The maximum atomic E-state index is 12.2. The second-order valence-corrected chi connectivity index (χ2v) is 6.95. The molecule has 0 heterocycles. The number of aryl methyl sites for hydroxylation is 2. The number of carbonyl (C=O) groups excluding carboxylic acids is 2. The van der Waals surface area contributed by atoms with E-state index < -0.39 is 0 Å². The molecule has 1 aromatic carbocycles. The van der Waals surface area contributed by atoms with Crippen LogP contribution in [0.5, 0.6) is 0 Å². The van der Waals surface area contributed by atoms with Crippen molar-refractivity contribution in [3.8, 4) is 0 Å². The Hall–Kier alpha value is -1.29. The van der Waals surface area contributed by atoms with E-state index in [1.54, 1.807) is 11.8 Å². The molecular weight excluding hydrogens is 284 g/mol. The Morgan fingerprint density at radius 2 is 1.95 bits per heavy atom. The van der Waals surface area contributed by atoms with Gasteiger partial charge in [-0.05, 0) is 55.1 Å². The van der Waals surface area contributed by atoms with Crippen molar-refractivity contribution in [3.63, 3.8) is 0 Å². The van der Waals surface area contributed by atoms with E-state index >= 15 is 0 Å². The molecule has 0 bridgehead atoms. The van der Waals surface area contributed by atoms with Gasteiger partial charge in [0.2, 0.25) is 0 Å². The lowest BCUT2D eigenvalue weighted by Gasteiger charge is -2.12. The average molecular weight is 306 g/mol. The Morgan fingerprint density at radius 3 is 2.52 bits per heavy atom. The topological polar surface area (TPSA) is 43.4 Å². The van der Waals surface area contributed by atoms with Gasteiger partial charge in [-0.2, -0.15) is 11.8 Å². The summed E-state index contributed by atoms with van der Waals surface area (Å²) in [6.07, 6.45) is 2.61. The second kappa shape index (κ2) is 6.65. The highest BCUT2D eigenvalue weighted by molar-refractivity contribution is 8.00. The van der Waals surface area contributed by atoms with Crippen LogP contribution in [-0.4, -0.2) is 30.4 Å². The fourth-order valence-corrected chi connectivity index (χ4v) is 3.56. The SMILES string of the molecule is COC(=O)CC1(CSCC(=O)c2ccc(C)c(C)c2)CC1. The molecule has 2 rings (SSSR count). The first-order valence-corrected chi connectivity index (χ1v) is 8.36. The summed E-state index contributed by atoms with van der Waals surface area (Å²) < 4.78 is 4.73. The van der Waals surface area contributed by atoms with Crippen LogP contribution in [0.25, 0.3) is 0 Å². The number of rotatable bonds is 7. The minimum Gasteiger partial charge on any atom is -0.469 e. The molecule has 0 saturated heterocycles. The van der Waals surface area contributed by atoms with Gasteiger partial charge in [-0.3, -0.25) is 9.59 Å². The Morgan fingerprint density at radius 1 is 1.24 bits per heavy atom. The molecule has 0 atom stereocenters. The van der Waals surface area contributed by atoms with Gasteiger partial charge in [0, 0.05) is 5.56 Å². The Labute approximate surface area is 130 Å². The Balaban J connectivity index is 1.82. The number of benzene rings is 1. The summed E-state index contributed by atoms with van der Waals surface area (Å²) in [7, 11) is 1.43. The molecular formula is C17H22O3S. The predicted molar refractivity (Wildman–Crippen MR) is 85.9 cm³/mol. The van der Waals surface area contributed by atoms with Gasteiger partial charge in [-0.15, -0.1) is 0 Å². The second-order valence-electron chi connectivity index (χ2n) is 5.97. The third-order valence-corrected chi connectivity index (χ3v) is 5.46. The molecule has 1 aromatic rings. The van der Waals surface area contributed by atoms with Gasteiger partial charge in [-0.1, -0.05) is 12.1 Å². The van der Waals surface area contributed by atoms with Crippen molar-refractivity contribution in [1.82, 2.24) is 0 Å². The van der Waals surface area contributed by atoms with E-state index in [2.05, 4.69) is 0 Å². The monoisotopic (exact) mass is 306 g/mol. The minimum atomic E-state index is -0.145. The van der Waals surface area contributed by atoms with Gasteiger partial charge in [0.05, 0.1) is 19.3 Å². The van der Waals surface area contributed by atoms with Crippen molar-refractivity contribution in [3.05, 3.63) is 34.9 Å². The van der Waals surface area contributed by atoms with E-state index in [0.717, 1.165) is 29.7 Å². The lowest BCUT2D eigenvalue weighted by molar-refractivity contribution is -0.141. The van der Waals surface area contributed by atoms with Crippen LogP contribution in [0, 0.1) is 19.3 Å². The van der Waals surface area contributed by atoms with Gasteiger partial charge < -0.3 is 4.74 Å². The molecule has 0 amide bonds. The van der Waals surface area contributed by atoms with Crippen molar-refractivity contribution in [2.45, 2.75) is 33.1 Å². The van der Waals surface area contributed by atoms with Gasteiger partial charge >= 0.3 is 5.97 Å². The van der Waals surface area contributed by atoms with Crippen LogP contribution in [0.1, 0.15) is 40.7 Å². The zero-order chi connectivity index (χ0) is 15.5. The highest BCUT2D eigenvalue weighted by atomic mass is 32.2. The van der Waals surface area contributed by atoms with E-state index in [1.807, 2.05) is 32.0 Å². The van der Waals surface area contributed by atoms with Crippen LogP contribution in [0.15, 0.2) is 18.2 Å². The zero-order valence-electron chi connectivity index (χ0n) is 12.9. The van der Waals surface area contributed by atoms with Crippen LogP contribution in [0.4, 0.5) is 0 Å². The maximum absolute atomic E-state index is 12.2. The highest BCUT2D eigenvalue weighted by Gasteiger charge is 2.44. The lowest BCUT2D eigenvalue weighted by atomic mass is 10.0. The molecule has 21 heavy (non-hydrogen) atoms. The van der Waals surface area contributed by atoms with Crippen molar-refractivity contribution in [1.29, 1.82) is 0 Å². The summed E-state index contributed by atoms with van der Waals surface area (Å²) in [6.45, 7) is 4.07. The first-order valence-electron chi connectivity index (χ1n) is 7.21. The summed E-state index contributed by atoms with van der Waals surface area (Å²) in [4.78, 5) is 23.5. The summed E-state index contributed by atoms with van der Waals surface area (Å²) >= 11 is 1.63. The third kappa shape index (κ3) is 4.34. The molecule has 0 aliphatic heterocycles. The molecule has 1 saturated carbocycles. The molecule has 1 aliphatic rings. The lowest BCUT2D eigenvalue weighted by Crippen LogP contribution is -2.14. The quantitative estimate of drug-likeness (QED) is 0.570. The van der Waals surface area contributed by atoms with Gasteiger partial charge in [0.1, 0.15) is 0 Å². The zero-order valence-corrected chi connectivity index (χ0v) is 13.7. The molecule has 4 heteroatoms. The molecule has 1 fully saturated rings. The fraction of sp³-hybridized carbons (Fsp3) is 0.529. The Kier molecular flexibility index (Phi) is 5.09. The van der Waals surface area contributed by atoms with E-state index in [9.17, 15) is 9.59 Å². The number of methoxy groups -OCH3 is 1. The molecule has 114 valence electrons. The van der Waals surface area contributed by atoms with Crippen molar-refractivity contribution in [2.24, 2.45) is 5.41 Å². The number of hydrogen-bond acceptors (Lipinski definition) is 4. The molecule has 0 radical (unpaired) electrons. The fourth-order valence-electron chi connectivity index (χ4n) is 2.29. The van der Waals surface area contributed by atoms with Crippen LogP contribution in [-0.2, 0) is 9.53 Å². The standard InChI is InChI=1S/C17H22O3S/c1-12-4-5-14(8-13(12)2)15(18)10-21-11-17(6-7-17)9-16(19)20-3/h4-5,8H,6-7,9-11H2,1-3H3. The number of hydrogen-bond donors (Lipinski definition) is 0. The number of esters is 1. The van der Waals surface area contributed by atoms with Gasteiger partial charge in [0.15, 0.2) is 5.78 Å². The number of Topliss-reactive ketones (excluding diaryl/α,β-unsaturated/α-hetero) is 1. The average Bonchev–Trinajstić information content (AvgIpc) is 3.21.